The maximum absolute atomic E-state index is 6.00. The maximum Gasteiger partial charge on any atom is 0.123 e. The second-order valence-corrected chi connectivity index (χ2v) is 6.20. The van der Waals surface area contributed by atoms with E-state index >= 15 is 0 Å². The number of rotatable bonds is 3. The molecule has 5 rings (SSSR count). The summed E-state index contributed by atoms with van der Waals surface area (Å²) in [6.07, 6.45) is 4.14. The highest BCUT2D eigenvalue weighted by atomic mass is 16.5. The van der Waals surface area contributed by atoms with E-state index in [9.17, 15) is 0 Å². The standard InChI is InChI=1S/C16H22N2O/c1-2-4-16-13(3-1)9-14(19-16)10-17-15-11-18-7-5-12(15)6-8-18/h1-4,12,14-15,17H,5-11H2. The molecule has 0 spiro atoms. The van der Waals surface area contributed by atoms with Crippen molar-refractivity contribution in [3.8, 4) is 5.75 Å². The van der Waals surface area contributed by atoms with Crippen molar-refractivity contribution >= 4 is 0 Å². The van der Waals surface area contributed by atoms with E-state index in [4.69, 9.17) is 4.74 Å². The molecule has 4 heterocycles. The Bertz CT molecular complexity index is 429. The largest absolute Gasteiger partial charge is 0.488 e. The fraction of sp³-hybridized carbons (Fsp3) is 0.625. The van der Waals surface area contributed by atoms with Gasteiger partial charge in [-0.3, -0.25) is 0 Å². The molecule has 1 N–H and O–H groups in total. The van der Waals surface area contributed by atoms with E-state index in [1.807, 2.05) is 0 Å². The van der Waals surface area contributed by atoms with Crippen LogP contribution in [0.15, 0.2) is 24.3 Å². The average molecular weight is 258 g/mol. The maximum atomic E-state index is 6.00. The molecule has 3 saturated heterocycles. The zero-order valence-electron chi connectivity index (χ0n) is 11.3. The number of para-hydroxylation sites is 1. The Balaban J connectivity index is 1.32. The molecule has 2 unspecified atom stereocenters. The van der Waals surface area contributed by atoms with Crippen LogP contribution in [0.25, 0.3) is 0 Å². The third-order valence-electron chi connectivity index (χ3n) is 4.98. The molecule has 0 aromatic heterocycles. The molecule has 1 aromatic rings. The van der Waals surface area contributed by atoms with Crippen molar-refractivity contribution in [2.75, 3.05) is 26.2 Å². The quantitative estimate of drug-likeness (QED) is 0.892. The molecule has 19 heavy (non-hydrogen) atoms. The summed E-state index contributed by atoms with van der Waals surface area (Å²) in [5.74, 6) is 1.98. The SMILES string of the molecule is c1ccc2c(c1)CC(CNC1CN3CCC1CC3)O2. The van der Waals surface area contributed by atoms with Crippen molar-refractivity contribution in [2.45, 2.75) is 31.4 Å². The van der Waals surface area contributed by atoms with Crippen molar-refractivity contribution in [3.05, 3.63) is 29.8 Å². The molecule has 2 atom stereocenters. The zero-order chi connectivity index (χ0) is 12.7. The smallest absolute Gasteiger partial charge is 0.123 e. The molecule has 0 saturated carbocycles. The molecular weight excluding hydrogens is 236 g/mol. The minimum Gasteiger partial charge on any atom is -0.488 e. The lowest BCUT2D eigenvalue weighted by Crippen LogP contribution is -2.57. The van der Waals surface area contributed by atoms with Crippen LogP contribution in [-0.4, -0.2) is 43.2 Å². The van der Waals surface area contributed by atoms with E-state index in [1.165, 1.54) is 38.0 Å². The molecule has 0 radical (unpaired) electrons. The van der Waals surface area contributed by atoms with Gasteiger partial charge in [-0.1, -0.05) is 18.2 Å². The van der Waals surface area contributed by atoms with Gasteiger partial charge < -0.3 is 15.0 Å². The molecule has 3 nitrogen and oxygen atoms in total. The number of hydrogen-bond donors (Lipinski definition) is 1. The minimum absolute atomic E-state index is 0.327. The van der Waals surface area contributed by atoms with Gasteiger partial charge >= 0.3 is 0 Å². The molecule has 0 aliphatic carbocycles. The van der Waals surface area contributed by atoms with Gasteiger partial charge in [-0.2, -0.15) is 0 Å². The summed E-state index contributed by atoms with van der Waals surface area (Å²) in [7, 11) is 0. The van der Waals surface area contributed by atoms with E-state index in [1.54, 1.807) is 0 Å². The van der Waals surface area contributed by atoms with Crippen molar-refractivity contribution in [1.82, 2.24) is 10.2 Å². The van der Waals surface area contributed by atoms with E-state index in [2.05, 4.69) is 34.5 Å². The minimum atomic E-state index is 0.327. The van der Waals surface area contributed by atoms with E-state index in [0.29, 0.717) is 12.1 Å². The summed E-state index contributed by atoms with van der Waals surface area (Å²) in [6, 6.07) is 9.12. The Hall–Kier alpha value is -1.06. The van der Waals surface area contributed by atoms with Crippen LogP contribution in [0.3, 0.4) is 0 Å². The van der Waals surface area contributed by atoms with Gasteiger partial charge in [0.1, 0.15) is 11.9 Å². The molecule has 1 aromatic carbocycles. The lowest BCUT2D eigenvalue weighted by atomic mass is 9.84. The third-order valence-corrected chi connectivity index (χ3v) is 4.98. The summed E-state index contributed by atoms with van der Waals surface area (Å²) in [4.78, 5) is 2.60. The van der Waals surface area contributed by atoms with Crippen molar-refractivity contribution in [3.63, 3.8) is 0 Å². The van der Waals surface area contributed by atoms with Crippen LogP contribution in [0.4, 0.5) is 0 Å². The summed E-state index contributed by atoms with van der Waals surface area (Å²) in [6.45, 7) is 4.86. The van der Waals surface area contributed by atoms with Crippen LogP contribution >= 0.6 is 0 Å². The Kier molecular flexibility index (Phi) is 2.97. The average Bonchev–Trinajstić information content (AvgIpc) is 2.89. The second-order valence-electron chi connectivity index (χ2n) is 6.20. The second kappa shape index (κ2) is 4.80. The molecule has 4 aliphatic heterocycles. The first-order valence-electron chi connectivity index (χ1n) is 7.59. The van der Waals surface area contributed by atoms with E-state index in [0.717, 1.165) is 24.6 Å². The molecule has 2 bridgehead atoms. The monoisotopic (exact) mass is 258 g/mol. The molecule has 3 heteroatoms. The summed E-state index contributed by atoms with van der Waals surface area (Å²) in [5.41, 5.74) is 1.36. The van der Waals surface area contributed by atoms with Gasteiger partial charge in [0.25, 0.3) is 0 Å². The van der Waals surface area contributed by atoms with Crippen molar-refractivity contribution < 1.29 is 4.74 Å². The fourth-order valence-corrected chi connectivity index (χ4v) is 3.85. The topological polar surface area (TPSA) is 24.5 Å². The number of hydrogen-bond acceptors (Lipinski definition) is 3. The van der Waals surface area contributed by atoms with Crippen molar-refractivity contribution in [2.24, 2.45) is 5.92 Å². The van der Waals surface area contributed by atoms with Gasteiger partial charge in [-0.05, 0) is 43.5 Å². The Morgan fingerprint density at radius 1 is 1.21 bits per heavy atom. The number of nitrogens with zero attached hydrogens (tertiary/aromatic N) is 1. The van der Waals surface area contributed by atoms with E-state index < -0.39 is 0 Å². The first-order valence-corrected chi connectivity index (χ1v) is 7.59. The van der Waals surface area contributed by atoms with Crippen LogP contribution in [-0.2, 0) is 6.42 Å². The number of ether oxygens (including phenoxy) is 1. The Labute approximate surface area is 114 Å². The first-order chi connectivity index (χ1) is 9.38. The molecule has 0 amide bonds. The predicted octanol–water partition coefficient (Wildman–Crippen LogP) is 1.67. The fourth-order valence-electron chi connectivity index (χ4n) is 3.85. The normalized spacial score (nSPS) is 36.0. The van der Waals surface area contributed by atoms with Crippen LogP contribution in [0.5, 0.6) is 5.75 Å². The number of nitrogens with one attached hydrogen (secondary N) is 1. The lowest BCUT2D eigenvalue weighted by Gasteiger charge is -2.45. The summed E-state index contributed by atoms with van der Waals surface area (Å²) in [5, 5.41) is 3.76. The third kappa shape index (κ3) is 2.26. The van der Waals surface area contributed by atoms with Crippen LogP contribution < -0.4 is 10.1 Å². The highest BCUT2D eigenvalue weighted by molar-refractivity contribution is 5.37. The van der Waals surface area contributed by atoms with Gasteiger partial charge in [0, 0.05) is 25.6 Å². The van der Waals surface area contributed by atoms with Gasteiger partial charge in [-0.25, -0.2) is 0 Å². The lowest BCUT2D eigenvalue weighted by molar-refractivity contribution is 0.0673. The number of fused-ring (bicyclic) bond motifs is 4. The highest BCUT2D eigenvalue weighted by Crippen LogP contribution is 2.29. The molecule has 3 fully saturated rings. The first kappa shape index (κ1) is 11.7. The van der Waals surface area contributed by atoms with Gasteiger partial charge in [0.15, 0.2) is 0 Å². The highest BCUT2D eigenvalue weighted by Gasteiger charge is 2.34. The van der Waals surface area contributed by atoms with Gasteiger partial charge in [0.05, 0.1) is 0 Å². The molecule has 4 aliphatic rings. The predicted molar refractivity (Wildman–Crippen MR) is 75.5 cm³/mol. The Morgan fingerprint density at radius 2 is 2.05 bits per heavy atom. The van der Waals surface area contributed by atoms with E-state index in [-0.39, 0.29) is 0 Å². The Morgan fingerprint density at radius 3 is 2.79 bits per heavy atom. The van der Waals surface area contributed by atoms with Crippen LogP contribution in [0.2, 0.25) is 0 Å². The van der Waals surface area contributed by atoms with Crippen LogP contribution in [0.1, 0.15) is 18.4 Å². The molecular formula is C16H22N2O. The summed E-state index contributed by atoms with van der Waals surface area (Å²) < 4.78 is 6.00. The molecule has 102 valence electrons. The number of piperidine rings is 3. The van der Waals surface area contributed by atoms with Gasteiger partial charge in [0.2, 0.25) is 0 Å². The zero-order valence-corrected chi connectivity index (χ0v) is 11.3. The van der Waals surface area contributed by atoms with Crippen molar-refractivity contribution in [1.29, 1.82) is 0 Å². The van der Waals surface area contributed by atoms with Gasteiger partial charge in [-0.15, -0.1) is 0 Å². The summed E-state index contributed by atoms with van der Waals surface area (Å²) >= 11 is 0. The number of benzene rings is 1. The van der Waals surface area contributed by atoms with Crippen LogP contribution in [0, 0.1) is 5.92 Å².